The number of carbonyl (C=O) groups is 1. The van der Waals surface area contributed by atoms with Gasteiger partial charge in [-0.25, -0.2) is 0 Å². The van der Waals surface area contributed by atoms with Gasteiger partial charge in [-0.05, 0) is 55.6 Å². The first-order valence-corrected chi connectivity index (χ1v) is 9.29. The first-order valence-electron chi connectivity index (χ1n) is 9.29. The minimum atomic E-state index is -0.0390. The second-order valence-electron chi connectivity index (χ2n) is 7.73. The van der Waals surface area contributed by atoms with Crippen LogP contribution in [0.2, 0.25) is 0 Å². The molecule has 1 amide bonds. The molecule has 3 fully saturated rings. The van der Waals surface area contributed by atoms with Crippen LogP contribution in [-0.2, 0) is 11.3 Å². The number of nitrogens with zero attached hydrogens (tertiary/aromatic N) is 3. The van der Waals surface area contributed by atoms with Gasteiger partial charge in [-0.2, -0.15) is 4.98 Å². The molecule has 130 valence electrons. The molecule has 4 atom stereocenters. The Morgan fingerprint density at radius 2 is 2.12 bits per heavy atom. The Bertz CT molecular complexity index is 771. The average molecular weight is 338 g/mol. The van der Waals surface area contributed by atoms with Crippen molar-refractivity contribution in [3.05, 3.63) is 41.8 Å². The molecule has 2 heterocycles. The van der Waals surface area contributed by atoms with Crippen LogP contribution in [0.5, 0.6) is 0 Å². The number of hydrogen-bond donors (Lipinski definition) is 1. The third-order valence-electron chi connectivity index (χ3n) is 6.09. The summed E-state index contributed by atoms with van der Waals surface area (Å²) < 4.78 is 5.59. The van der Waals surface area contributed by atoms with Crippen molar-refractivity contribution in [2.75, 3.05) is 0 Å². The summed E-state index contributed by atoms with van der Waals surface area (Å²) in [5.74, 6) is 3.13. The Kier molecular flexibility index (Phi) is 3.57. The number of nitrogens with one attached hydrogen (secondary N) is 1. The van der Waals surface area contributed by atoms with E-state index in [9.17, 15) is 4.79 Å². The normalized spacial score (nSPS) is 30.6. The predicted octanol–water partition coefficient (Wildman–Crippen LogP) is 2.79. The summed E-state index contributed by atoms with van der Waals surface area (Å²) >= 11 is 0. The van der Waals surface area contributed by atoms with Gasteiger partial charge in [0.15, 0.2) is 5.82 Å². The zero-order valence-electron chi connectivity index (χ0n) is 14.1. The van der Waals surface area contributed by atoms with Crippen LogP contribution < -0.4 is 5.32 Å². The molecule has 0 aromatic carbocycles. The molecule has 0 radical (unpaired) electrons. The molecule has 0 unspecified atom stereocenters. The van der Waals surface area contributed by atoms with Crippen molar-refractivity contribution in [2.45, 2.75) is 50.5 Å². The number of carbonyl (C=O) groups excluding carboxylic acids is 1. The van der Waals surface area contributed by atoms with E-state index in [2.05, 4.69) is 20.4 Å². The van der Waals surface area contributed by atoms with Gasteiger partial charge in [-0.15, -0.1) is 0 Å². The summed E-state index contributed by atoms with van der Waals surface area (Å²) in [6.45, 7) is 0.518. The zero-order valence-corrected chi connectivity index (χ0v) is 14.1. The summed E-state index contributed by atoms with van der Waals surface area (Å²) in [7, 11) is 0. The van der Waals surface area contributed by atoms with E-state index < -0.39 is 0 Å². The molecule has 0 spiro atoms. The maximum atomic E-state index is 12.9. The van der Waals surface area contributed by atoms with Crippen molar-refractivity contribution in [3.8, 4) is 0 Å². The van der Waals surface area contributed by atoms with Gasteiger partial charge in [0, 0.05) is 24.9 Å². The Morgan fingerprint density at radius 3 is 2.92 bits per heavy atom. The number of aromatic nitrogens is 3. The fraction of sp³-hybridized carbons (Fsp3) is 0.579. The number of hydrogen-bond acceptors (Lipinski definition) is 5. The molecule has 2 bridgehead atoms. The van der Waals surface area contributed by atoms with Crippen LogP contribution >= 0.6 is 0 Å². The molecule has 3 aliphatic carbocycles. The molecule has 2 aromatic heterocycles. The van der Waals surface area contributed by atoms with Crippen LogP contribution in [0, 0.1) is 17.8 Å². The third kappa shape index (κ3) is 2.73. The first-order chi connectivity index (χ1) is 12.3. The molecule has 5 rings (SSSR count). The largest absolute Gasteiger partial charge is 0.352 e. The highest BCUT2D eigenvalue weighted by Gasteiger charge is 2.53. The number of fused-ring (bicyclic) bond motifs is 2. The van der Waals surface area contributed by atoms with Crippen molar-refractivity contribution in [3.63, 3.8) is 0 Å². The van der Waals surface area contributed by atoms with Crippen LogP contribution in [0.4, 0.5) is 0 Å². The maximum Gasteiger partial charge on any atom is 0.230 e. The standard InChI is InChI=1S/C19H22N4O2/c24-18(21-10-11-2-1-7-20-9-11)15-13-5-6-14(8-13)16(15)19-22-17(23-25-19)12-3-4-12/h1-2,7,9,12-16H,3-6,8,10H2,(H,21,24)/t13-,14+,15-,16-/m0/s1. The smallest absolute Gasteiger partial charge is 0.230 e. The van der Waals surface area contributed by atoms with Crippen LogP contribution in [0.3, 0.4) is 0 Å². The summed E-state index contributed by atoms with van der Waals surface area (Å²) in [6.07, 6.45) is 9.26. The molecule has 25 heavy (non-hydrogen) atoms. The van der Waals surface area contributed by atoms with E-state index in [1.807, 2.05) is 12.1 Å². The van der Waals surface area contributed by atoms with E-state index in [0.29, 0.717) is 30.2 Å². The van der Waals surface area contributed by atoms with E-state index >= 15 is 0 Å². The lowest BCUT2D eigenvalue weighted by Crippen LogP contribution is -2.37. The Hall–Kier alpha value is -2.24. The second-order valence-corrected chi connectivity index (χ2v) is 7.73. The molecule has 0 saturated heterocycles. The molecular formula is C19H22N4O2. The predicted molar refractivity (Wildman–Crippen MR) is 89.4 cm³/mol. The highest BCUT2D eigenvalue weighted by atomic mass is 16.5. The van der Waals surface area contributed by atoms with Gasteiger partial charge >= 0.3 is 0 Å². The van der Waals surface area contributed by atoms with Crippen LogP contribution in [0.15, 0.2) is 29.0 Å². The van der Waals surface area contributed by atoms with E-state index in [1.54, 1.807) is 12.4 Å². The van der Waals surface area contributed by atoms with Gasteiger partial charge < -0.3 is 9.84 Å². The summed E-state index contributed by atoms with van der Waals surface area (Å²) in [6, 6.07) is 3.87. The number of rotatable bonds is 5. The minimum absolute atomic E-state index is 0.0390. The van der Waals surface area contributed by atoms with Crippen molar-refractivity contribution in [1.82, 2.24) is 20.4 Å². The molecule has 6 nitrogen and oxygen atoms in total. The van der Waals surface area contributed by atoms with Gasteiger partial charge in [0.1, 0.15) is 0 Å². The van der Waals surface area contributed by atoms with Gasteiger partial charge in [0.2, 0.25) is 11.8 Å². The molecule has 1 N–H and O–H groups in total. The average Bonchev–Trinajstić information content (AvgIpc) is 3.08. The monoisotopic (exact) mass is 338 g/mol. The Labute approximate surface area is 146 Å². The molecule has 0 aliphatic heterocycles. The maximum absolute atomic E-state index is 12.9. The highest BCUT2D eigenvalue weighted by Crippen LogP contribution is 2.56. The third-order valence-corrected chi connectivity index (χ3v) is 6.09. The lowest BCUT2D eigenvalue weighted by Gasteiger charge is -2.27. The second kappa shape index (κ2) is 5.93. The van der Waals surface area contributed by atoms with Gasteiger partial charge in [-0.3, -0.25) is 9.78 Å². The highest BCUT2D eigenvalue weighted by molar-refractivity contribution is 5.80. The van der Waals surface area contributed by atoms with Crippen molar-refractivity contribution in [2.24, 2.45) is 17.8 Å². The SMILES string of the molecule is O=C(NCc1cccnc1)[C@H]1[C@H]2CC[C@H](C2)[C@@H]1c1nc(C2CC2)no1. The first kappa shape index (κ1) is 15.0. The minimum Gasteiger partial charge on any atom is -0.352 e. The van der Waals surface area contributed by atoms with Gasteiger partial charge in [-0.1, -0.05) is 11.2 Å². The molecule has 3 saturated carbocycles. The quantitative estimate of drug-likeness (QED) is 0.906. The summed E-state index contributed by atoms with van der Waals surface area (Å²) in [5.41, 5.74) is 1.02. The van der Waals surface area contributed by atoms with E-state index in [-0.39, 0.29) is 17.7 Å². The fourth-order valence-electron chi connectivity index (χ4n) is 4.72. The number of pyridine rings is 1. The van der Waals surface area contributed by atoms with Crippen LogP contribution in [0.25, 0.3) is 0 Å². The lowest BCUT2D eigenvalue weighted by atomic mass is 9.78. The molecule has 3 aliphatic rings. The van der Waals surface area contributed by atoms with Gasteiger partial charge in [0.25, 0.3) is 0 Å². The fourth-order valence-corrected chi connectivity index (χ4v) is 4.72. The topological polar surface area (TPSA) is 80.9 Å². The van der Waals surface area contributed by atoms with Crippen molar-refractivity contribution in [1.29, 1.82) is 0 Å². The number of amides is 1. The zero-order chi connectivity index (χ0) is 16.8. The summed E-state index contributed by atoms with van der Waals surface area (Å²) in [5, 5.41) is 7.27. The molecule has 2 aromatic rings. The van der Waals surface area contributed by atoms with E-state index in [4.69, 9.17) is 4.52 Å². The molecule has 6 heteroatoms. The van der Waals surface area contributed by atoms with E-state index in [1.165, 1.54) is 6.42 Å². The summed E-state index contributed by atoms with van der Waals surface area (Å²) in [4.78, 5) is 21.7. The van der Waals surface area contributed by atoms with Crippen LogP contribution in [0.1, 0.15) is 61.2 Å². The Morgan fingerprint density at radius 1 is 1.24 bits per heavy atom. The van der Waals surface area contributed by atoms with E-state index in [0.717, 1.165) is 37.1 Å². The lowest BCUT2D eigenvalue weighted by molar-refractivity contribution is -0.127. The van der Waals surface area contributed by atoms with Crippen molar-refractivity contribution < 1.29 is 9.32 Å². The van der Waals surface area contributed by atoms with Crippen LogP contribution in [-0.4, -0.2) is 21.0 Å². The van der Waals surface area contributed by atoms with Gasteiger partial charge in [0.05, 0.1) is 11.8 Å². The Balaban J connectivity index is 1.33. The van der Waals surface area contributed by atoms with Crippen molar-refractivity contribution >= 4 is 5.91 Å². The molecular weight excluding hydrogens is 316 g/mol.